The summed E-state index contributed by atoms with van der Waals surface area (Å²) in [5, 5.41) is 8.89. The highest BCUT2D eigenvalue weighted by atomic mass is 32.1. The zero-order valence-corrected chi connectivity index (χ0v) is 12.5. The van der Waals surface area contributed by atoms with Crippen LogP contribution in [0, 0.1) is 0 Å². The summed E-state index contributed by atoms with van der Waals surface area (Å²) in [5.41, 5.74) is 1.04. The predicted molar refractivity (Wildman–Crippen MR) is 82.9 cm³/mol. The summed E-state index contributed by atoms with van der Waals surface area (Å²) in [7, 11) is 1.62. The summed E-state index contributed by atoms with van der Waals surface area (Å²) in [5.74, 6) is -0.0508. The predicted octanol–water partition coefficient (Wildman–Crippen LogP) is 3.09. The third-order valence-electron chi connectivity index (χ3n) is 2.87. The Morgan fingerprint density at radius 3 is 2.90 bits per heavy atom. The third kappa shape index (κ3) is 2.66. The van der Waals surface area contributed by atoms with Crippen LogP contribution >= 0.6 is 22.7 Å². The van der Waals surface area contributed by atoms with Crippen molar-refractivity contribution in [3.05, 3.63) is 42.0 Å². The van der Waals surface area contributed by atoms with Crippen LogP contribution in [0.4, 0.5) is 0 Å². The monoisotopic (exact) mass is 303 g/mol. The molecule has 3 aromatic rings. The number of hydrogen-bond donors (Lipinski definition) is 1. The fourth-order valence-corrected chi connectivity index (χ4v) is 3.66. The molecule has 0 atom stereocenters. The largest absolute Gasteiger partial charge is 0.358 e. The quantitative estimate of drug-likeness (QED) is 0.805. The van der Waals surface area contributed by atoms with E-state index in [1.165, 1.54) is 9.75 Å². The second-order valence-corrected chi connectivity index (χ2v) is 6.27. The van der Waals surface area contributed by atoms with Gasteiger partial charge >= 0.3 is 0 Å². The molecule has 0 fully saturated rings. The number of carbonyl (C=O) groups is 1. The Bertz CT molecular complexity index is 712. The topological polar surface area (TPSA) is 46.9 Å². The highest BCUT2D eigenvalue weighted by Gasteiger charge is 2.08. The lowest BCUT2D eigenvalue weighted by Gasteiger charge is -1.98. The lowest BCUT2D eigenvalue weighted by Crippen LogP contribution is -2.23. The Morgan fingerprint density at radius 1 is 1.30 bits per heavy atom. The molecule has 20 heavy (non-hydrogen) atoms. The second kappa shape index (κ2) is 5.60. The van der Waals surface area contributed by atoms with E-state index in [0.29, 0.717) is 0 Å². The van der Waals surface area contributed by atoms with Crippen molar-refractivity contribution in [2.45, 2.75) is 6.54 Å². The summed E-state index contributed by atoms with van der Waals surface area (Å²) < 4.78 is 1.65. The maximum Gasteiger partial charge on any atom is 0.241 e. The van der Waals surface area contributed by atoms with Crippen molar-refractivity contribution >= 4 is 28.6 Å². The summed E-state index contributed by atoms with van der Waals surface area (Å²) in [6.45, 7) is 0.250. The van der Waals surface area contributed by atoms with Crippen LogP contribution in [0.15, 0.2) is 42.0 Å². The number of nitrogens with zero attached hydrogens (tertiary/aromatic N) is 2. The summed E-state index contributed by atoms with van der Waals surface area (Å²) in [6, 6.07) is 8.40. The Labute approximate surface area is 124 Å². The van der Waals surface area contributed by atoms with E-state index in [1.54, 1.807) is 40.6 Å². The zero-order valence-electron chi connectivity index (χ0n) is 10.9. The van der Waals surface area contributed by atoms with Gasteiger partial charge in [-0.2, -0.15) is 5.10 Å². The van der Waals surface area contributed by atoms with Gasteiger partial charge in [0.1, 0.15) is 6.54 Å². The van der Waals surface area contributed by atoms with Gasteiger partial charge in [-0.05, 0) is 23.6 Å². The molecule has 1 N–H and O–H groups in total. The molecule has 0 aliphatic rings. The first-order valence-electron chi connectivity index (χ1n) is 6.13. The fourth-order valence-electron chi connectivity index (χ4n) is 1.85. The molecule has 102 valence electrons. The Kier molecular flexibility index (Phi) is 3.66. The molecular weight excluding hydrogens is 290 g/mol. The minimum Gasteiger partial charge on any atom is -0.358 e. The van der Waals surface area contributed by atoms with Crippen LogP contribution in [-0.4, -0.2) is 22.7 Å². The number of amides is 1. The van der Waals surface area contributed by atoms with Gasteiger partial charge in [-0.3, -0.25) is 9.48 Å². The van der Waals surface area contributed by atoms with E-state index in [1.807, 2.05) is 6.20 Å². The average Bonchev–Trinajstić information content (AvgIpc) is 3.18. The summed E-state index contributed by atoms with van der Waals surface area (Å²) >= 11 is 3.48. The van der Waals surface area contributed by atoms with E-state index in [2.05, 4.69) is 40.1 Å². The van der Waals surface area contributed by atoms with E-state index in [-0.39, 0.29) is 12.5 Å². The Morgan fingerprint density at radius 2 is 2.15 bits per heavy atom. The van der Waals surface area contributed by atoms with E-state index in [9.17, 15) is 4.79 Å². The van der Waals surface area contributed by atoms with E-state index < -0.39 is 0 Å². The second-order valence-electron chi connectivity index (χ2n) is 4.24. The third-order valence-corrected chi connectivity index (χ3v) is 5.07. The number of aromatic nitrogens is 2. The maximum atomic E-state index is 11.3. The Balaban J connectivity index is 1.81. The first-order valence-corrected chi connectivity index (χ1v) is 7.83. The van der Waals surface area contributed by atoms with Gasteiger partial charge in [0.2, 0.25) is 5.91 Å². The van der Waals surface area contributed by atoms with Gasteiger partial charge in [0.25, 0.3) is 0 Å². The number of rotatable bonds is 4. The first-order chi connectivity index (χ1) is 9.76. The maximum absolute atomic E-state index is 11.3. The van der Waals surface area contributed by atoms with Crippen molar-refractivity contribution in [2.75, 3.05) is 7.05 Å². The molecule has 0 spiro atoms. The van der Waals surface area contributed by atoms with Gasteiger partial charge in [0.15, 0.2) is 0 Å². The molecule has 0 radical (unpaired) electrons. The van der Waals surface area contributed by atoms with E-state index >= 15 is 0 Å². The van der Waals surface area contributed by atoms with Crippen LogP contribution < -0.4 is 5.32 Å². The molecule has 4 nitrogen and oxygen atoms in total. The number of hydrogen-bond acceptors (Lipinski definition) is 4. The highest BCUT2D eigenvalue weighted by molar-refractivity contribution is 7.23. The molecule has 0 aliphatic carbocycles. The smallest absolute Gasteiger partial charge is 0.241 e. The SMILES string of the molecule is CNC(=O)Cn1cc(-c2ccc(-c3cccs3)s2)cn1. The van der Waals surface area contributed by atoms with Crippen molar-refractivity contribution in [3.8, 4) is 20.2 Å². The van der Waals surface area contributed by atoms with Crippen molar-refractivity contribution in [2.24, 2.45) is 0 Å². The van der Waals surface area contributed by atoms with Gasteiger partial charge in [-0.25, -0.2) is 0 Å². The zero-order chi connectivity index (χ0) is 13.9. The minimum atomic E-state index is -0.0508. The standard InChI is InChI=1S/C14H13N3OS2/c1-15-14(18)9-17-8-10(7-16-17)11-4-5-13(20-11)12-3-2-6-19-12/h2-8H,9H2,1H3,(H,15,18). The molecule has 3 heterocycles. The van der Waals surface area contributed by atoms with Crippen LogP contribution in [0.2, 0.25) is 0 Å². The molecule has 0 unspecified atom stereocenters. The van der Waals surface area contributed by atoms with Gasteiger partial charge in [-0.1, -0.05) is 6.07 Å². The molecule has 0 saturated carbocycles. The average molecular weight is 303 g/mol. The minimum absolute atomic E-state index is 0.0508. The summed E-state index contributed by atoms with van der Waals surface area (Å²) in [6.07, 6.45) is 3.70. The van der Waals surface area contributed by atoms with Gasteiger partial charge in [0, 0.05) is 33.4 Å². The number of likely N-dealkylation sites (N-methyl/N-ethyl adjacent to an activating group) is 1. The highest BCUT2D eigenvalue weighted by Crippen LogP contribution is 2.36. The number of thiophene rings is 2. The van der Waals surface area contributed by atoms with Crippen molar-refractivity contribution in [3.63, 3.8) is 0 Å². The van der Waals surface area contributed by atoms with Crippen LogP contribution in [0.1, 0.15) is 0 Å². The molecule has 3 rings (SSSR count). The molecular formula is C14H13N3OS2. The van der Waals surface area contributed by atoms with E-state index in [0.717, 1.165) is 10.4 Å². The van der Waals surface area contributed by atoms with Gasteiger partial charge in [-0.15, -0.1) is 22.7 Å². The fraction of sp³-hybridized carbons (Fsp3) is 0.143. The van der Waals surface area contributed by atoms with Gasteiger partial charge < -0.3 is 5.32 Å². The van der Waals surface area contributed by atoms with Crippen LogP contribution in [0.5, 0.6) is 0 Å². The summed E-state index contributed by atoms with van der Waals surface area (Å²) in [4.78, 5) is 15.0. The molecule has 0 aliphatic heterocycles. The molecule has 6 heteroatoms. The van der Waals surface area contributed by atoms with Crippen LogP contribution in [-0.2, 0) is 11.3 Å². The van der Waals surface area contributed by atoms with Crippen LogP contribution in [0.25, 0.3) is 20.2 Å². The molecule has 0 saturated heterocycles. The van der Waals surface area contributed by atoms with Crippen molar-refractivity contribution < 1.29 is 4.79 Å². The van der Waals surface area contributed by atoms with E-state index in [4.69, 9.17) is 0 Å². The molecule has 0 aromatic carbocycles. The first kappa shape index (κ1) is 13.1. The van der Waals surface area contributed by atoms with Crippen LogP contribution in [0.3, 0.4) is 0 Å². The lowest BCUT2D eigenvalue weighted by molar-refractivity contribution is -0.121. The number of nitrogens with one attached hydrogen (secondary N) is 1. The molecule has 0 bridgehead atoms. The van der Waals surface area contributed by atoms with Crippen molar-refractivity contribution in [1.82, 2.24) is 15.1 Å². The van der Waals surface area contributed by atoms with Crippen molar-refractivity contribution in [1.29, 1.82) is 0 Å². The number of carbonyl (C=O) groups excluding carboxylic acids is 1. The normalized spacial score (nSPS) is 10.7. The molecule has 3 aromatic heterocycles. The molecule has 1 amide bonds. The lowest BCUT2D eigenvalue weighted by atomic mass is 10.3. The van der Waals surface area contributed by atoms with Gasteiger partial charge in [0.05, 0.1) is 6.20 Å². The Hall–Kier alpha value is -1.92.